The van der Waals surface area contributed by atoms with Gasteiger partial charge in [0.05, 0.1) is 13.7 Å². The molecule has 0 aliphatic heterocycles. The molecule has 0 bridgehead atoms. The van der Waals surface area contributed by atoms with Crippen LogP contribution in [0.25, 0.3) is 0 Å². The van der Waals surface area contributed by atoms with E-state index in [-0.39, 0.29) is 5.91 Å². The summed E-state index contributed by atoms with van der Waals surface area (Å²) in [5.74, 6) is -0.0430. The van der Waals surface area contributed by atoms with E-state index < -0.39 is 12.0 Å². The van der Waals surface area contributed by atoms with Gasteiger partial charge in [-0.1, -0.05) is 19.8 Å². The van der Waals surface area contributed by atoms with Crippen molar-refractivity contribution in [3.05, 3.63) is 29.8 Å². The molecule has 1 atom stereocenters. The third-order valence-electron chi connectivity index (χ3n) is 3.05. The number of ether oxygens (including phenoxy) is 2. The molecule has 1 unspecified atom stereocenters. The molecule has 1 aromatic carbocycles. The molecular formula is C16H23NO4. The quantitative estimate of drug-likeness (QED) is 0.591. The molecule has 0 fully saturated rings. The van der Waals surface area contributed by atoms with Crippen LogP contribution in [-0.4, -0.2) is 31.6 Å². The Morgan fingerprint density at radius 3 is 2.43 bits per heavy atom. The summed E-state index contributed by atoms with van der Waals surface area (Å²) in [5, 5.41) is 2.62. The Morgan fingerprint density at radius 2 is 1.86 bits per heavy atom. The topological polar surface area (TPSA) is 64.6 Å². The van der Waals surface area contributed by atoms with Crippen molar-refractivity contribution in [1.82, 2.24) is 5.32 Å². The normalized spacial score (nSPS) is 11.6. The summed E-state index contributed by atoms with van der Waals surface area (Å²) in [4.78, 5) is 23.7. The predicted molar refractivity (Wildman–Crippen MR) is 80.4 cm³/mol. The molecule has 0 radical (unpaired) electrons. The molecule has 0 spiro atoms. The molecule has 1 N–H and O–H groups in total. The van der Waals surface area contributed by atoms with Gasteiger partial charge in [-0.25, -0.2) is 4.79 Å². The van der Waals surface area contributed by atoms with E-state index in [4.69, 9.17) is 9.47 Å². The largest absolute Gasteiger partial charge is 0.497 e. The second-order valence-electron chi connectivity index (χ2n) is 4.80. The summed E-state index contributed by atoms with van der Waals surface area (Å²) in [5.41, 5.74) is 0.474. The maximum absolute atomic E-state index is 12.0. The number of unbranched alkanes of at least 4 members (excludes halogenated alkanes) is 2. The molecule has 1 amide bonds. The highest BCUT2D eigenvalue weighted by molar-refractivity contribution is 5.96. The molecule has 0 aliphatic carbocycles. The van der Waals surface area contributed by atoms with Gasteiger partial charge in [-0.05, 0) is 37.6 Å². The molecule has 116 valence electrons. The van der Waals surface area contributed by atoms with Crippen molar-refractivity contribution in [2.75, 3.05) is 13.7 Å². The zero-order valence-corrected chi connectivity index (χ0v) is 12.8. The first-order valence-electron chi connectivity index (χ1n) is 7.20. The monoisotopic (exact) mass is 293 g/mol. The first-order valence-corrected chi connectivity index (χ1v) is 7.20. The van der Waals surface area contributed by atoms with Crippen molar-refractivity contribution in [1.29, 1.82) is 0 Å². The van der Waals surface area contributed by atoms with Crippen LogP contribution in [0.3, 0.4) is 0 Å². The summed E-state index contributed by atoms with van der Waals surface area (Å²) < 4.78 is 10.1. The molecular weight excluding hydrogens is 270 g/mol. The zero-order chi connectivity index (χ0) is 15.7. The van der Waals surface area contributed by atoms with Crippen molar-refractivity contribution in [2.45, 2.75) is 39.2 Å². The van der Waals surface area contributed by atoms with Crippen LogP contribution in [0.4, 0.5) is 0 Å². The Labute approximate surface area is 125 Å². The van der Waals surface area contributed by atoms with Gasteiger partial charge in [0.2, 0.25) is 0 Å². The zero-order valence-electron chi connectivity index (χ0n) is 12.8. The Bertz CT molecular complexity index is 456. The lowest BCUT2D eigenvalue weighted by atomic mass is 10.2. The number of rotatable bonds is 8. The minimum atomic E-state index is -0.666. The lowest BCUT2D eigenvalue weighted by Crippen LogP contribution is -2.39. The number of hydrogen-bond donors (Lipinski definition) is 1. The fraction of sp³-hybridized carbons (Fsp3) is 0.500. The molecule has 5 nitrogen and oxygen atoms in total. The van der Waals surface area contributed by atoms with Gasteiger partial charge in [0.15, 0.2) is 0 Å². The first-order chi connectivity index (χ1) is 10.1. The average Bonchev–Trinajstić information content (AvgIpc) is 2.51. The molecule has 1 aromatic rings. The number of carbonyl (C=O) groups excluding carboxylic acids is 2. The maximum atomic E-state index is 12.0. The maximum Gasteiger partial charge on any atom is 0.328 e. The SMILES string of the molecule is CCCCCOC(=O)C(C)NC(=O)c1ccc(OC)cc1. The van der Waals surface area contributed by atoms with Gasteiger partial charge >= 0.3 is 5.97 Å². The highest BCUT2D eigenvalue weighted by atomic mass is 16.5. The van der Waals surface area contributed by atoms with Crippen LogP contribution in [0.15, 0.2) is 24.3 Å². The number of nitrogens with one attached hydrogen (secondary N) is 1. The van der Waals surface area contributed by atoms with Crippen molar-refractivity contribution in [2.24, 2.45) is 0 Å². The molecule has 0 aromatic heterocycles. The van der Waals surface area contributed by atoms with Crippen LogP contribution < -0.4 is 10.1 Å². The summed E-state index contributed by atoms with van der Waals surface area (Å²) >= 11 is 0. The Hall–Kier alpha value is -2.04. The van der Waals surface area contributed by atoms with E-state index in [0.29, 0.717) is 17.9 Å². The van der Waals surface area contributed by atoms with Crippen LogP contribution in [-0.2, 0) is 9.53 Å². The van der Waals surface area contributed by atoms with Crippen LogP contribution >= 0.6 is 0 Å². The molecule has 5 heteroatoms. The molecule has 0 saturated carbocycles. The fourth-order valence-corrected chi connectivity index (χ4v) is 1.73. The van der Waals surface area contributed by atoms with E-state index in [1.807, 2.05) is 0 Å². The lowest BCUT2D eigenvalue weighted by Gasteiger charge is -2.13. The van der Waals surface area contributed by atoms with Gasteiger partial charge in [-0.15, -0.1) is 0 Å². The third-order valence-corrected chi connectivity index (χ3v) is 3.05. The van der Waals surface area contributed by atoms with E-state index in [1.54, 1.807) is 38.3 Å². The second kappa shape index (κ2) is 9.00. The average molecular weight is 293 g/mol. The van der Waals surface area contributed by atoms with Crippen molar-refractivity contribution in [3.8, 4) is 5.75 Å². The highest BCUT2D eigenvalue weighted by Crippen LogP contribution is 2.11. The fourth-order valence-electron chi connectivity index (χ4n) is 1.73. The molecule has 21 heavy (non-hydrogen) atoms. The van der Waals surface area contributed by atoms with Crippen molar-refractivity contribution in [3.63, 3.8) is 0 Å². The number of esters is 1. The van der Waals surface area contributed by atoms with Crippen LogP contribution in [0.2, 0.25) is 0 Å². The molecule has 0 heterocycles. The summed E-state index contributed by atoms with van der Waals surface area (Å²) in [6.45, 7) is 4.10. The molecule has 1 rings (SSSR count). The molecule has 0 saturated heterocycles. The minimum absolute atomic E-state index is 0.310. The van der Waals surface area contributed by atoms with E-state index in [9.17, 15) is 9.59 Å². The molecule has 0 aliphatic rings. The summed E-state index contributed by atoms with van der Waals surface area (Å²) in [7, 11) is 1.56. The van der Waals surface area contributed by atoms with E-state index in [2.05, 4.69) is 12.2 Å². The predicted octanol–water partition coefficient (Wildman–Crippen LogP) is 2.55. The number of methoxy groups -OCH3 is 1. The van der Waals surface area contributed by atoms with Crippen molar-refractivity contribution >= 4 is 11.9 Å². The summed E-state index contributed by atoms with van der Waals surface area (Å²) in [6.07, 6.45) is 2.95. The van der Waals surface area contributed by atoms with E-state index in [0.717, 1.165) is 19.3 Å². The van der Waals surface area contributed by atoms with Gasteiger partial charge in [-0.2, -0.15) is 0 Å². The number of carbonyl (C=O) groups is 2. The van der Waals surface area contributed by atoms with Crippen molar-refractivity contribution < 1.29 is 19.1 Å². The van der Waals surface area contributed by atoms with Gasteiger partial charge in [0.1, 0.15) is 11.8 Å². The van der Waals surface area contributed by atoms with Gasteiger partial charge < -0.3 is 14.8 Å². The van der Waals surface area contributed by atoms with E-state index >= 15 is 0 Å². The smallest absolute Gasteiger partial charge is 0.328 e. The number of hydrogen-bond acceptors (Lipinski definition) is 4. The highest BCUT2D eigenvalue weighted by Gasteiger charge is 2.17. The van der Waals surface area contributed by atoms with Gasteiger partial charge in [-0.3, -0.25) is 4.79 Å². The van der Waals surface area contributed by atoms with E-state index in [1.165, 1.54) is 0 Å². The van der Waals surface area contributed by atoms with Gasteiger partial charge in [0.25, 0.3) is 5.91 Å². The Morgan fingerprint density at radius 1 is 1.19 bits per heavy atom. The Kier molecular flexibility index (Phi) is 7.29. The minimum Gasteiger partial charge on any atom is -0.497 e. The first kappa shape index (κ1) is 17.0. The van der Waals surface area contributed by atoms with Crippen LogP contribution in [0, 0.1) is 0 Å². The lowest BCUT2D eigenvalue weighted by molar-refractivity contribution is -0.145. The Balaban J connectivity index is 2.43. The summed E-state index contributed by atoms with van der Waals surface area (Å²) in [6, 6.07) is 6.02. The van der Waals surface area contributed by atoms with Gasteiger partial charge in [0, 0.05) is 5.56 Å². The number of amides is 1. The standard InChI is InChI=1S/C16H23NO4/c1-4-5-6-11-21-16(19)12(2)17-15(18)13-7-9-14(20-3)10-8-13/h7-10,12H,4-6,11H2,1-3H3,(H,17,18). The van der Waals surface area contributed by atoms with Crippen LogP contribution in [0.1, 0.15) is 43.5 Å². The van der Waals surface area contributed by atoms with Crippen LogP contribution in [0.5, 0.6) is 5.75 Å². The third kappa shape index (κ3) is 5.85. The second-order valence-corrected chi connectivity index (χ2v) is 4.80. The number of benzene rings is 1.